The number of benzene rings is 3. The number of ether oxygens (including phenoxy) is 1. The Balaban J connectivity index is 1.71. The van der Waals surface area contributed by atoms with Crippen molar-refractivity contribution >= 4 is 38.4 Å². The molecule has 0 fully saturated rings. The Bertz CT molecular complexity index is 906. The first kappa shape index (κ1) is 27.0. The predicted octanol–water partition coefficient (Wildman–Crippen LogP) is 3.75. The van der Waals surface area contributed by atoms with Crippen molar-refractivity contribution in [3.8, 4) is 0 Å². The van der Waals surface area contributed by atoms with Gasteiger partial charge in [0, 0.05) is 33.8 Å². The van der Waals surface area contributed by atoms with Crippen LogP contribution >= 0.6 is 0 Å². The van der Waals surface area contributed by atoms with Gasteiger partial charge in [0.2, 0.25) is 0 Å². The van der Waals surface area contributed by atoms with E-state index in [1.165, 1.54) is 15.6 Å². The molecule has 186 valence electrons. The minimum absolute atomic E-state index is 0.165. The van der Waals surface area contributed by atoms with Crippen molar-refractivity contribution in [2.24, 2.45) is 0 Å². The zero-order valence-electron chi connectivity index (χ0n) is 20.9. The molecule has 0 unspecified atom stereocenters. The maximum atomic E-state index is 12.6. The lowest BCUT2D eigenvalue weighted by atomic mass is 10.3. The van der Waals surface area contributed by atoms with Gasteiger partial charge in [-0.3, -0.25) is 4.79 Å². The predicted molar refractivity (Wildman–Crippen MR) is 145 cm³/mol. The van der Waals surface area contributed by atoms with Gasteiger partial charge in [-0.2, -0.15) is 0 Å². The summed E-state index contributed by atoms with van der Waals surface area (Å²) in [5.41, 5.74) is 0. The summed E-state index contributed by atoms with van der Waals surface area (Å²) >= 11 is 0. The van der Waals surface area contributed by atoms with Crippen molar-refractivity contribution in [3.63, 3.8) is 0 Å². The molecule has 0 radical (unpaired) electrons. The number of carbonyl (C=O) groups is 1. The van der Waals surface area contributed by atoms with Crippen LogP contribution in [0, 0.1) is 0 Å². The third kappa shape index (κ3) is 6.77. The second-order valence-corrected chi connectivity index (χ2v) is 15.6. The molecule has 0 saturated carbocycles. The quantitative estimate of drug-likeness (QED) is 0.144. The Kier molecular flexibility index (Phi) is 10.4. The molecule has 0 aromatic heterocycles. The van der Waals surface area contributed by atoms with Gasteiger partial charge in [0.15, 0.2) is 0 Å². The number of hydrogen-bond donors (Lipinski definition) is 0. The molecule has 0 spiro atoms. The average Bonchev–Trinajstić information content (AvgIpc) is 2.93. The van der Waals surface area contributed by atoms with Gasteiger partial charge >= 0.3 is 14.8 Å². The van der Waals surface area contributed by atoms with Gasteiger partial charge in [-0.25, -0.2) is 0 Å². The summed E-state index contributed by atoms with van der Waals surface area (Å²) in [5, 5.41) is 4.06. The molecule has 0 amide bonds. The molecular weight excluding hydrogens is 472 g/mol. The largest absolute Gasteiger partial charge is 0.500 e. The van der Waals surface area contributed by atoms with Gasteiger partial charge in [0.1, 0.15) is 8.07 Å². The highest BCUT2D eigenvalue weighted by atomic mass is 28.4. The van der Waals surface area contributed by atoms with E-state index >= 15 is 0 Å². The van der Waals surface area contributed by atoms with Crippen LogP contribution in [0.15, 0.2) is 91.0 Å². The van der Waals surface area contributed by atoms with Crippen molar-refractivity contribution in [2.75, 3.05) is 27.9 Å². The highest BCUT2D eigenvalue weighted by molar-refractivity contribution is 7.11. The third-order valence-corrected chi connectivity index (χ3v) is 14.4. The molecule has 0 aliphatic heterocycles. The fourth-order valence-electron chi connectivity index (χ4n) is 4.70. The van der Waals surface area contributed by atoms with E-state index in [-0.39, 0.29) is 5.97 Å². The topological polar surface area (TPSA) is 54.0 Å². The van der Waals surface area contributed by atoms with E-state index in [4.69, 9.17) is 18.0 Å². The Hall–Kier alpha value is -2.56. The summed E-state index contributed by atoms with van der Waals surface area (Å²) in [7, 11) is -0.186. The van der Waals surface area contributed by atoms with Crippen LogP contribution in [0.3, 0.4) is 0 Å². The fourth-order valence-corrected chi connectivity index (χ4v) is 11.2. The number of esters is 1. The van der Waals surface area contributed by atoms with Gasteiger partial charge in [-0.15, -0.1) is 0 Å². The fraction of sp³-hybridized carbons (Fsp3) is 0.321. The minimum Gasteiger partial charge on any atom is -0.466 e. The summed E-state index contributed by atoms with van der Waals surface area (Å²) in [6.07, 6.45) is 1.80. The van der Waals surface area contributed by atoms with Crippen LogP contribution in [-0.4, -0.2) is 50.8 Å². The van der Waals surface area contributed by atoms with E-state index in [1.807, 2.05) is 0 Å². The molecule has 0 aliphatic rings. The summed E-state index contributed by atoms with van der Waals surface area (Å²) in [6.45, 7) is 0.336. The van der Waals surface area contributed by atoms with Crippen LogP contribution in [0.2, 0.25) is 12.1 Å². The van der Waals surface area contributed by atoms with Crippen LogP contribution in [0.4, 0.5) is 0 Å². The molecule has 3 aromatic carbocycles. The van der Waals surface area contributed by atoms with Gasteiger partial charge in [-0.05, 0) is 34.4 Å². The van der Waals surface area contributed by atoms with Crippen molar-refractivity contribution in [1.29, 1.82) is 0 Å². The van der Waals surface area contributed by atoms with Gasteiger partial charge in [-0.1, -0.05) is 91.0 Å². The zero-order chi connectivity index (χ0) is 25.0. The molecule has 0 aliphatic carbocycles. The molecule has 0 bridgehead atoms. The number of carbonyl (C=O) groups excluding carboxylic acids is 1. The zero-order valence-corrected chi connectivity index (χ0v) is 22.9. The van der Waals surface area contributed by atoms with Crippen LogP contribution in [0.25, 0.3) is 0 Å². The Labute approximate surface area is 211 Å². The standard InChI is InChI=1S/C28H36O5Si2/c1-30-35(31-2,32-3)24-14-22-33-28(29)21-13-23-34(25-15-7-4-8-16-25,26-17-9-5-10-18-26)27-19-11-6-12-20-27/h4-12,15-20H,13-14,21-24H2,1-3H3. The van der Waals surface area contributed by atoms with Crippen LogP contribution in [0.5, 0.6) is 0 Å². The molecule has 0 saturated heterocycles. The van der Waals surface area contributed by atoms with Crippen LogP contribution in [0.1, 0.15) is 19.3 Å². The van der Waals surface area contributed by atoms with Crippen molar-refractivity contribution in [1.82, 2.24) is 0 Å². The van der Waals surface area contributed by atoms with Gasteiger partial charge < -0.3 is 18.0 Å². The van der Waals surface area contributed by atoms with Crippen molar-refractivity contribution < 1.29 is 22.8 Å². The molecule has 3 rings (SSSR count). The van der Waals surface area contributed by atoms with Gasteiger partial charge in [0.25, 0.3) is 0 Å². The molecule has 35 heavy (non-hydrogen) atoms. The van der Waals surface area contributed by atoms with E-state index in [0.29, 0.717) is 25.5 Å². The van der Waals surface area contributed by atoms with Crippen molar-refractivity contribution in [2.45, 2.75) is 31.4 Å². The molecule has 7 heteroatoms. The molecule has 5 nitrogen and oxygen atoms in total. The lowest BCUT2D eigenvalue weighted by Gasteiger charge is -2.34. The molecule has 0 heterocycles. The van der Waals surface area contributed by atoms with Crippen molar-refractivity contribution in [3.05, 3.63) is 91.0 Å². The molecular formula is C28H36O5Si2. The second-order valence-electron chi connectivity index (χ2n) is 8.48. The highest BCUT2D eigenvalue weighted by Crippen LogP contribution is 2.18. The second kappa shape index (κ2) is 13.5. The maximum Gasteiger partial charge on any atom is 0.500 e. The Morgan fingerprint density at radius 2 is 1.06 bits per heavy atom. The monoisotopic (exact) mass is 508 g/mol. The summed E-state index contributed by atoms with van der Waals surface area (Å²) in [5.74, 6) is -0.165. The number of hydrogen-bond acceptors (Lipinski definition) is 5. The lowest BCUT2D eigenvalue weighted by Crippen LogP contribution is -2.66. The van der Waals surface area contributed by atoms with E-state index < -0.39 is 16.9 Å². The first-order valence-corrected chi connectivity index (χ1v) is 16.2. The van der Waals surface area contributed by atoms with E-state index in [9.17, 15) is 4.79 Å². The lowest BCUT2D eigenvalue weighted by molar-refractivity contribution is -0.143. The van der Waals surface area contributed by atoms with Crippen LogP contribution < -0.4 is 15.6 Å². The third-order valence-electron chi connectivity index (χ3n) is 6.56. The molecule has 0 N–H and O–H groups in total. The maximum absolute atomic E-state index is 12.6. The van der Waals surface area contributed by atoms with E-state index in [1.54, 1.807) is 21.3 Å². The van der Waals surface area contributed by atoms with Gasteiger partial charge in [0.05, 0.1) is 6.61 Å². The molecule has 0 atom stereocenters. The SMILES string of the molecule is CO[Si](CCCOC(=O)CCC[Si](c1ccccc1)(c1ccccc1)c1ccccc1)(OC)OC. The number of rotatable bonds is 14. The smallest absolute Gasteiger partial charge is 0.466 e. The normalized spacial score (nSPS) is 11.9. The van der Waals surface area contributed by atoms with Crippen LogP contribution in [-0.2, 0) is 22.8 Å². The summed E-state index contributed by atoms with van der Waals surface area (Å²) in [6, 6.07) is 33.8. The van der Waals surface area contributed by atoms with E-state index in [2.05, 4.69) is 91.0 Å². The highest BCUT2D eigenvalue weighted by Gasteiger charge is 2.39. The Morgan fingerprint density at radius 3 is 1.46 bits per heavy atom. The Morgan fingerprint density at radius 1 is 0.629 bits per heavy atom. The average molecular weight is 509 g/mol. The molecule has 3 aromatic rings. The first-order chi connectivity index (χ1) is 17.1. The first-order valence-electron chi connectivity index (χ1n) is 12.1. The summed E-state index contributed by atoms with van der Waals surface area (Å²) in [4.78, 5) is 12.6. The minimum atomic E-state index is -2.64. The summed E-state index contributed by atoms with van der Waals surface area (Å²) < 4.78 is 21.8. The van der Waals surface area contributed by atoms with E-state index in [0.717, 1.165) is 12.5 Å².